The second kappa shape index (κ2) is 8.42. The Hall–Kier alpha value is -3.88. The molecule has 0 atom stereocenters. The lowest BCUT2D eigenvalue weighted by atomic mass is 10.2. The molecule has 4 N–H and O–H groups in total. The number of aromatic nitrogens is 3. The molecule has 1 aliphatic rings. The lowest BCUT2D eigenvalue weighted by Crippen LogP contribution is -2.47. The van der Waals surface area contributed by atoms with Gasteiger partial charge in [0.05, 0.1) is 0 Å². The molecule has 3 aromatic rings. The Morgan fingerprint density at radius 3 is 2.34 bits per heavy atom. The van der Waals surface area contributed by atoms with Crippen LogP contribution in [0.15, 0.2) is 61.1 Å². The van der Waals surface area contributed by atoms with Crippen LogP contribution in [0.2, 0.25) is 0 Å². The van der Waals surface area contributed by atoms with E-state index in [1.807, 2.05) is 18.2 Å². The highest BCUT2D eigenvalue weighted by Crippen LogP contribution is 2.27. The van der Waals surface area contributed by atoms with Crippen molar-refractivity contribution in [3.05, 3.63) is 66.7 Å². The quantitative estimate of drug-likeness (QED) is 0.563. The summed E-state index contributed by atoms with van der Waals surface area (Å²) in [5.74, 6) is 0.633. The van der Waals surface area contributed by atoms with Gasteiger partial charge in [-0.1, -0.05) is 24.3 Å². The number of hydrazine groups is 1. The van der Waals surface area contributed by atoms with Gasteiger partial charge in [-0.25, -0.2) is 9.97 Å². The summed E-state index contributed by atoms with van der Waals surface area (Å²) in [5, 5.41) is 0. The number of amides is 1. The van der Waals surface area contributed by atoms with Crippen molar-refractivity contribution in [2.24, 2.45) is 0 Å². The Morgan fingerprint density at radius 2 is 1.62 bits per heavy atom. The maximum Gasteiger partial charge on any atom is 0.288 e. The van der Waals surface area contributed by atoms with E-state index >= 15 is 0 Å². The Balaban J connectivity index is 1.40. The van der Waals surface area contributed by atoms with Crippen LogP contribution in [0.3, 0.4) is 0 Å². The molecule has 0 bridgehead atoms. The minimum Gasteiger partial charge on any atom is -0.393 e. The van der Waals surface area contributed by atoms with Gasteiger partial charge in [0, 0.05) is 38.1 Å². The highest BCUT2D eigenvalue weighted by molar-refractivity contribution is 5.93. The average Bonchev–Trinajstić information content (AvgIpc) is 2.79. The first kappa shape index (κ1) is 18.5. The first-order chi connectivity index (χ1) is 14.2. The van der Waals surface area contributed by atoms with Crippen molar-refractivity contribution in [1.82, 2.24) is 20.4 Å². The zero-order valence-corrected chi connectivity index (χ0v) is 15.8. The molecule has 9 nitrogen and oxygen atoms in total. The fourth-order valence-electron chi connectivity index (χ4n) is 3.23. The van der Waals surface area contributed by atoms with Gasteiger partial charge in [0.2, 0.25) is 0 Å². The molecule has 0 unspecified atom stereocenters. The highest BCUT2D eigenvalue weighted by atomic mass is 16.2. The average molecular weight is 390 g/mol. The minimum absolute atomic E-state index is 0.296. The standard InChI is InChI=1S/C20H22N8O/c21-17-18(25-26-20(29)16-8-4-5-9-22-16)23-14-24-19(17)28-12-10-27(11-13-28)15-6-2-1-3-7-15/h1-9,14H,10-13,21H2,(H,26,29)(H,23,24,25). The first-order valence-electron chi connectivity index (χ1n) is 9.35. The second-order valence-corrected chi connectivity index (χ2v) is 6.56. The Morgan fingerprint density at radius 1 is 0.897 bits per heavy atom. The lowest BCUT2D eigenvalue weighted by Gasteiger charge is -2.37. The third kappa shape index (κ3) is 4.18. The van der Waals surface area contributed by atoms with E-state index in [1.54, 1.807) is 24.4 Å². The number of hydrogen-bond donors (Lipinski definition) is 3. The lowest BCUT2D eigenvalue weighted by molar-refractivity contribution is 0.0957. The topological polar surface area (TPSA) is 112 Å². The molecular weight excluding hydrogens is 368 g/mol. The van der Waals surface area contributed by atoms with Crippen LogP contribution < -0.4 is 26.4 Å². The zero-order valence-electron chi connectivity index (χ0n) is 15.8. The number of piperazine rings is 1. The molecule has 148 valence electrons. The number of pyridine rings is 1. The molecule has 1 saturated heterocycles. The number of anilines is 4. The summed E-state index contributed by atoms with van der Waals surface area (Å²) >= 11 is 0. The van der Waals surface area contributed by atoms with E-state index in [2.05, 4.69) is 47.7 Å². The molecule has 1 aromatic carbocycles. The first-order valence-corrected chi connectivity index (χ1v) is 9.35. The number of rotatable bonds is 5. The van der Waals surface area contributed by atoms with Gasteiger partial charge in [-0.05, 0) is 24.3 Å². The van der Waals surface area contributed by atoms with Crippen molar-refractivity contribution in [3.8, 4) is 0 Å². The maximum atomic E-state index is 12.2. The number of nitrogen functional groups attached to an aromatic ring is 1. The van der Waals surface area contributed by atoms with Gasteiger partial charge in [-0.3, -0.25) is 20.6 Å². The summed E-state index contributed by atoms with van der Waals surface area (Å²) in [6, 6.07) is 15.4. The molecule has 3 heterocycles. The number of nitrogens with two attached hydrogens (primary N) is 1. The summed E-state index contributed by atoms with van der Waals surface area (Å²) in [6.45, 7) is 3.31. The smallest absolute Gasteiger partial charge is 0.288 e. The third-order valence-corrected chi connectivity index (χ3v) is 4.76. The monoisotopic (exact) mass is 390 g/mol. The number of hydrogen-bond acceptors (Lipinski definition) is 8. The van der Waals surface area contributed by atoms with E-state index in [-0.39, 0.29) is 5.91 Å². The van der Waals surface area contributed by atoms with Crippen LogP contribution >= 0.6 is 0 Å². The van der Waals surface area contributed by atoms with Gasteiger partial charge in [0.25, 0.3) is 5.91 Å². The molecule has 9 heteroatoms. The van der Waals surface area contributed by atoms with Crippen LogP contribution in [0.25, 0.3) is 0 Å². The predicted molar refractivity (Wildman–Crippen MR) is 113 cm³/mol. The van der Waals surface area contributed by atoms with Crippen LogP contribution in [-0.2, 0) is 0 Å². The van der Waals surface area contributed by atoms with Gasteiger partial charge in [-0.15, -0.1) is 0 Å². The van der Waals surface area contributed by atoms with Gasteiger partial charge >= 0.3 is 0 Å². The molecule has 1 fully saturated rings. The Kier molecular flexibility index (Phi) is 5.37. The van der Waals surface area contributed by atoms with Gasteiger partial charge in [0.15, 0.2) is 11.6 Å². The molecule has 2 aromatic heterocycles. The largest absolute Gasteiger partial charge is 0.393 e. The molecule has 4 rings (SSSR count). The number of nitrogens with zero attached hydrogens (tertiary/aromatic N) is 5. The molecule has 0 saturated carbocycles. The minimum atomic E-state index is -0.373. The van der Waals surface area contributed by atoms with E-state index < -0.39 is 0 Å². The van der Waals surface area contributed by atoms with Crippen LogP contribution in [0.4, 0.5) is 23.0 Å². The zero-order chi connectivity index (χ0) is 20.1. The van der Waals surface area contributed by atoms with Crippen molar-refractivity contribution in [2.45, 2.75) is 0 Å². The van der Waals surface area contributed by atoms with Crippen LogP contribution in [-0.4, -0.2) is 47.0 Å². The fraction of sp³-hybridized carbons (Fsp3) is 0.200. The van der Waals surface area contributed by atoms with Crippen LogP contribution in [0.1, 0.15) is 10.5 Å². The van der Waals surface area contributed by atoms with Crippen molar-refractivity contribution >= 4 is 28.9 Å². The second-order valence-electron chi connectivity index (χ2n) is 6.56. The van der Waals surface area contributed by atoms with Crippen LogP contribution in [0.5, 0.6) is 0 Å². The summed E-state index contributed by atoms with van der Waals surface area (Å²) in [5.41, 5.74) is 13.5. The Bertz CT molecular complexity index is 959. The summed E-state index contributed by atoms with van der Waals surface area (Å²) in [4.78, 5) is 29.1. The number of carbonyl (C=O) groups is 1. The summed E-state index contributed by atoms with van der Waals surface area (Å²) in [7, 11) is 0. The van der Waals surface area contributed by atoms with Gasteiger partial charge in [-0.2, -0.15) is 0 Å². The Labute approximate surface area is 168 Å². The maximum absolute atomic E-state index is 12.2. The summed E-state index contributed by atoms with van der Waals surface area (Å²) in [6.07, 6.45) is 2.99. The number of benzene rings is 1. The van der Waals surface area contributed by atoms with E-state index in [4.69, 9.17) is 5.73 Å². The fourth-order valence-corrected chi connectivity index (χ4v) is 3.23. The molecular formula is C20H22N8O. The van der Waals surface area contributed by atoms with Crippen LogP contribution in [0, 0.1) is 0 Å². The number of para-hydroxylation sites is 1. The third-order valence-electron chi connectivity index (χ3n) is 4.76. The molecule has 0 radical (unpaired) electrons. The molecule has 0 spiro atoms. The SMILES string of the molecule is Nc1c(NNC(=O)c2ccccn2)ncnc1N1CCN(c2ccccc2)CC1. The highest BCUT2D eigenvalue weighted by Gasteiger charge is 2.21. The van der Waals surface area contributed by atoms with Gasteiger partial charge < -0.3 is 15.5 Å². The molecule has 1 amide bonds. The van der Waals surface area contributed by atoms with Crippen molar-refractivity contribution < 1.29 is 4.79 Å². The predicted octanol–water partition coefficient (Wildman–Crippen LogP) is 1.54. The molecule has 29 heavy (non-hydrogen) atoms. The number of carbonyl (C=O) groups excluding carboxylic acids is 1. The van der Waals surface area contributed by atoms with E-state index in [1.165, 1.54) is 12.0 Å². The number of nitrogens with one attached hydrogen (secondary N) is 2. The van der Waals surface area contributed by atoms with Gasteiger partial charge in [0.1, 0.15) is 17.7 Å². The normalized spacial score (nSPS) is 13.8. The van der Waals surface area contributed by atoms with E-state index in [0.717, 1.165) is 26.2 Å². The molecule has 0 aliphatic carbocycles. The van der Waals surface area contributed by atoms with Crippen molar-refractivity contribution in [2.75, 3.05) is 47.1 Å². The van der Waals surface area contributed by atoms with E-state index in [9.17, 15) is 4.79 Å². The molecule has 1 aliphatic heterocycles. The van der Waals surface area contributed by atoms with Crippen molar-refractivity contribution in [1.29, 1.82) is 0 Å². The summed E-state index contributed by atoms with van der Waals surface area (Å²) < 4.78 is 0. The van der Waals surface area contributed by atoms with Crippen molar-refractivity contribution in [3.63, 3.8) is 0 Å². The van der Waals surface area contributed by atoms with E-state index in [0.29, 0.717) is 23.0 Å².